The second kappa shape index (κ2) is 15.5. The van der Waals surface area contributed by atoms with E-state index < -0.39 is 55.5 Å². The minimum atomic E-state index is -2.07. The third-order valence-electron chi connectivity index (χ3n) is 7.51. The first-order valence-electron chi connectivity index (χ1n) is 14.1. The minimum Gasteiger partial charge on any atom is -0.460 e. The van der Waals surface area contributed by atoms with Gasteiger partial charge in [0, 0.05) is 32.1 Å². The Balaban J connectivity index is 3.44. The Hall–Kier alpha value is -2.24. The third-order valence-corrected chi connectivity index (χ3v) is 12.1. The van der Waals surface area contributed by atoms with Crippen molar-refractivity contribution in [3.63, 3.8) is 0 Å². The van der Waals surface area contributed by atoms with Crippen LogP contribution in [0.1, 0.15) is 68.2 Å². The molecule has 3 unspecified atom stereocenters. The number of hydrogen-bond donors (Lipinski definition) is 4. The Morgan fingerprint density at radius 1 is 1.13 bits per heavy atom. The molecule has 224 valence electrons. The number of nitrogens with one attached hydrogen (secondary N) is 3. The van der Waals surface area contributed by atoms with Crippen LogP contribution >= 0.6 is 0 Å². The molecule has 0 bridgehead atoms. The number of carbonyl (C=O) groups is 4. The van der Waals surface area contributed by atoms with Crippen molar-refractivity contribution in [1.82, 2.24) is 16.0 Å². The lowest BCUT2D eigenvalue weighted by atomic mass is 9.86. The Morgan fingerprint density at radius 3 is 2.28 bits per heavy atom. The highest BCUT2D eigenvalue weighted by atomic mass is 28.4. The van der Waals surface area contributed by atoms with Gasteiger partial charge in [0.25, 0.3) is 0 Å². The molecule has 0 aliphatic carbocycles. The van der Waals surface area contributed by atoms with Crippen molar-refractivity contribution >= 4 is 32.0 Å². The van der Waals surface area contributed by atoms with Crippen LogP contribution in [0.3, 0.4) is 0 Å². The number of aliphatic hydroxyl groups is 1. The fraction of sp³-hybridized carbons (Fsp3) is 0.786. The molecule has 4 N–H and O–H groups in total. The number of esters is 1. The van der Waals surface area contributed by atoms with Crippen molar-refractivity contribution in [3.8, 4) is 0 Å². The zero-order chi connectivity index (χ0) is 29.9. The second-order valence-electron chi connectivity index (χ2n) is 12.2. The maximum atomic E-state index is 13.8. The fourth-order valence-corrected chi connectivity index (χ4v) is 7.08. The van der Waals surface area contributed by atoms with Crippen LogP contribution in [0.2, 0.25) is 18.1 Å². The molecule has 0 fully saturated rings. The maximum Gasteiger partial charge on any atom is 0.328 e. The lowest BCUT2D eigenvalue weighted by Crippen LogP contribution is -2.56. The lowest BCUT2D eigenvalue weighted by Gasteiger charge is -2.36. The van der Waals surface area contributed by atoms with Crippen LogP contribution in [0.15, 0.2) is 12.2 Å². The third kappa shape index (κ3) is 11.4. The van der Waals surface area contributed by atoms with Crippen LogP contribution in [0, 0.1) is 16.7 Å². The van der Waals surface area contributed by atoms with Gasteiger partial charge in [-0.05, 0) is 43.0 Å². The van der Waals surface area contributed by atoms with Crippen LogP contribution in [0.5, 0.6) is 0 Å². The molecule has 0 spiro atoms. The Labute approximate surface area is 235 Å². The molecule has 0 aromatic carbocycles. The highest BCUT2D eigenvalue weighted by Gasteiger charge is 2.41. The van der Waals surface area contributed by atoms with Crippen molar-refractivity contribution in [3.05, 3.63) is 12.2 Å². The van der Waals surface area contributed by atoms with Gasteiger partial charge in [0.15, 0.2) is 8.32 Å². The van der Waals surface area contributed by atoms with Crippen molar-refractivity contribution in [1.29, 1.82) is 0 Å². The van der Waals surface area contributed by atoms with Gasteiger partial charge in [-0.15, -0.1) is 0 Å². The second-order valence-corrected chi connectivity index (χ2v) is 16.9. The van der Waals surface area contributed by atoms with Crippen LogP contribution in [-0.2, 0) is 28.3 Å². The molecule has 0 aromatic heterocycles. The smallest absolute Gasteiger partial charge is 0.328 e. The van der Waals surface area contributed by atoms with Crippen LogP contribution in [-0.4, -0.2) is 75.6 Å². The van der Waals surface area contributed by atoms with Gasteiger partial charge in [-0.1, -0.05) is 54.5 Å². The summed E-state index contributed by atoms with van der Waals surface area (Å²) in [5, 5.41) is 17.9. The van der Waals surface area contributed by atoms with Gasteiger partial charge in [0.2, 0.25) is 17.7 Å². The van der Waals surface area contributed by atoms with E-state index >= 15 is 0 Å². The molecule has 1 aliphatic heterocycles. The minimum absolute atomic E-state index is 0.0353. The van der Waals surface area contributed by atoms with Crippen molar-refractivity contribution in [2.75, 3.05) is 26.3 Å². The first-order valence-corrected chi connectivity index (χ1v) is 16.6. The predicted octanol–water partition coefficient (Wildman–Crippen LogP) is 2.67. The van der Waals surface area contributed by atoms with Gasteiger partial charge in [-0.3, -0.25) is 14.4 Å². The SMILES string of the molecule is CC[Si](CC)(CC)OCC1(C)CNC(=O)CNC(=O)/C=C\CC([C@H](C)CO)OC(=O)C(CC(C)(C)C)NC1=O. The van der Waals surface area contributed by atoms with Gasteiger partial charge >= 0.3 is 5.97 Å². The zero-order valence-electron chi connectivity index (χ0n) is 25.1. The van der Waals surface area contributed by atoms with Crippen molar-refractivity contribution in [2.24, 2.45) is 16.7 Å². The molecule has 0 saturated carbocycles. The van der Waals surface area contributed by atoms with Crippen LogP contribution in [0.25, 0.3) is 0 Å². The number of aliphatic hydroxyl groups excluding tert-OH is 1. The topological polar surface area (TPSA) is 143 Å². The summed E-state index contributed by atoms with van der Waals surface area (Å²) in [6, 6.07) is 1.74. The fourth-order valence-electron chi connectivity index (χ4n) is 4.34. The molecule has 39 heavy (non-hydrogen) atoms. The van der Waals surface area contributed by atoms with Crippen molar-refractivity contribution in [2.45, 2.75) is 98.5 Å². The normalized spacial score (nSPS) is 26.2. The van der Waals surface area contributed by atoms with E-state index in [1.54, 1.807) is 19.9 Å². The number of ether oxygens (including phenoxy) is 1. The summed E-state index contributed by atoms with van der Waals surface area (Å²) in [4.78, 5) is 52.0. The molecule has 0 saturated heterocycles. The quantitative estimate of drug-likeness (QED) is 0.247. The highest BCUT2D eigenvalue weighted by molar-refractivity contribution is 6.73. The molecular formula is C28H51N3O7Si. The summed E-state index contributed by atoms with van der Waals surface area (Å²) in [5.74, 6) is -2.35. The molecule has 1 heterocycles. The first-order chi connectivity index (χ1) is 18.1. The van der Waals surface area contributed by atoms with Crippen LogP contribution < -0.4 is 16.0 Å². The largest absolute Gasteiger partial charge is 0.460 e. The maximum absolute atomic E-state index is 13.8. The molecule has 11 heteroatoms. The van der Waals surface area contributed by atoms with E-state index in [1.807, 2.05) is 20.8 Å². The summed E-state index contributed by atoms with van der Waals surface area (Å²) in [6.07, 6.45) is 2.62. The van der Waals surface area contributed by atoms with E-state index in [1.165, 1.54) is 6.08 Å². The molecule has 0 aromatic rings. The van der Waals surface area contributed by atoms with Gasteiger partial charge in [0.05, 0.1) is 12.0 Å². The van der Waals surface area contributed by atoms with Gasteiger partial charge in [0.1, 0.15) is 12.1 Å². The average Bonchev–Trinajstić information content (AvgIpc) is 2.89. The van der Waals surface area contributed by atoms with E-state index in [0.29, 0.717) is 6.42 Å². The summed E-state index contributed by atoms with van der Waals surface area (Å²) in [5.41, 5.74) is -1.49. The molecule has 1 rings (SSSR count). The Kier molecular flexibility index (Phi) is 13.8. The standard InChI is InChI=1S/C28H51N3O7Si/c1-9-39(10-2,11-3)37-19-28(8)18-30-24(34)16-29-23(33)14-12-13-22(20(4)17-32)38-25(35)21(31-26(28)36)15-27(5,6)7/h12,14,20-22,32H,9-11,13,15-19H2,1-8H3,(H,29,33)(H,30,34)(H,31,36)/b14-12-/t20-,21?,22?,28?/m1/s1. The van der Waals surface area contributed by atoms with E-state index in [-0.39, 0.29) is 38.1 Å². The molecule has 0 radical (unpaired) electrons. The molecule has 10 nitrogen and oxygen atoms in total. The summed E-state index contributed by atoms with van der Waals surface area (Å²) >= 11 is 0. The molecule has 1 aliphatic rings. The number of hydrogen-bond acceptors (Lipinski definition) is 7. The predicted molar refractivity (Wildman–Crippen MR) is 153 cm³/mol. The van der Waals surface area contributed by atoms with Gasteiger partial charge < -0.3 is 30.2 Å². The van der Waals surface area contributed by atoms with Gasteiger partial charge in [-0.2, -0.15) is 0 Å². The van der Waals surface area contributed by atoms with Crippen molar-refractivity contribution < 1.29 is 33.4 Å². The zero-order valence-corrected chi connectivity index (χ0v) is 26.1. The van der Waals surface area contributed by atoms with Gasteiger partial charge in [-0.25, -0.2) is 4.79 Å². The average molecular weight is 570 g/mol. The molecule has 4 atom stereocenters. The number of carbonyl (C=O) groups excluding carboxylic acids is 4. The van der Waals surface area contributed by atoms with E-state index in [4.69, 9.17) is 9.16 Å². The highest BCUT2D eigenvalue weighted by Crippen LogP contribution is 2.28. The lowest BCUT2D eigenvalue weighted by molar-refractivity contribution is -0.158. The molecular weight excluding hydrogens is 518 g/mol. The first kappa shape index (κ1) is 34.8. The Morgan fingerprint density at radius 2 is 1.74 bits per heavy atom. The van der Waals surface area contributed by atoms with Crippen LogP contribution in [0.4, 0.5) is 0 Å². The summed E-state index contributed by atoms with van der Waals surface area (Å²) in [7, 11) is -2.07. The van der Waals surface area contributed by atoms with E-state index in [9.17, 15) is 24.3 Å². The number of cyclic esters (lactones) is 1. The van der Waals surface area contributed by atoms with E-state index in [0.717, 1.165) is 18.1 Å². The number of amides is 3. The molecule has 3 amide bonds. The summed E-state index contributed by atoms with van der Waals surface area (Å²) < 4.78 is 12.3. The monoisotopic (exact) mass is 569 g/mol. The number of rotatable bonds is 9. The Bertz CT molecular complexity index is 861. The van der Waals surface area contributed by atoms with E-state index in [2.05, 4.69) is 36.7 Å². The summed E-state index contributed by atoms with van der Waals surface area (Å²) in [6.45, 7) is 15.2.